The van der Waals surface area contributed by atoms with E-state index in [2.05, 4.69) is 0 Å². The van der Waals surface area contributed by atoms with Crippen LogP contribution in [0.1, 0.15) is 33.3 Å². The van der Waals surface area contributed by atoms with E-state index in [4.69, 9.17) is 13.9 Å². The second-order valence-electron chi connectivity index (χ2n) is 6.81. The maximum atomic E-state index is 11.9. The van der Waals surface area contributed by atoms with E-state index in [9.17, 15) is 9.59 Å². The van der Waals surface area contributed by atoms with Crippen molar-refractivity contribution in [2.75, 3.05) is 0 Å². The van der Waals surface area contributed by atoms with Crippen molar-refractivity contribution in [2.24, 2.45) is 0 Å². The average molecular weight is 328 g/mol. The van der Waals surface area contributed by atoms with Crippen LogP contribution in [0.25, 0.3) is 11.0 Å². The second kappa shape index (κ2) is 5.82. The van der Waals surface area contributed by atoms with Crippen molar-refractivity contribution in [1.29, 1.82) is 0 Å². The zero-order chi connectivity index (χ0) is 17.5. The number of hydrogen-bond donors (Lipinski definition) is 0. The number of esters is 1. The number of ether oxygens (including phenoxy) is 2. The first-order valence-electron chi connectivity index (χ1n) is 7.86. The van der Waals surface area contributed by atoms with Crippen LogP contribution in [-0.2, 0) is 16.0 Å². The Hall–Kier alpha value is -2.56. The molecule has 0 fully saturated rings. The highest BCUT2D eigenvalue weighted by Crippen LogP contribution is 2.37. The number of rotatable bonds is 3. The van der Waals surface area contributed by atoms with E-state index in [0.29, 0.717) is 17.8 Å². The standard InChI is InChI=1S/C19H20O5/c1-11(2)7-18(21)24-19(3,4)16-9-13-8-12-5-6-17(20)23-14(12)10-15(13)22-16/h5-8,10,16H,9H2,1-4H3. The molecular weight excluding hydrogens is 308 g/mol. The summed E-state index contributed by atoms with van der Waals surface area (Å²) in [5.74, 6) is 0.281. The molecule has 5 heteroatoms. The highest BCUT2D eigenvalue weighted by Gasteiger charge is 2.39. The van der Waals surface area contributed by atoms with Crippen LogP contribution in [0.5, 0.6) is 5.75 Å². The minimum atomic E-state index is -0.783. The fourth-order valence-electron chi connectivity index (χ4n) is 2.79. The predicted molar refractivity (Wildman–Crippen MR) is 90.2 cm³/mol. The summed E-state index contributed by atoms with van der Waals surface area (Å²) in [5.41, 5.74) is 1.20. The molecule has 2 aromatic rings. The normalized spacial score (nSPS) is 16.4. The van der Waals surface area contributed by atoms with E-state index >= 15 is 0 Å². The van der Waals surface area contributed by atoms with Gasteiger partial charge in [-0.1, -0.05) is 5.57 Å². The third kappa shape index (κ3) is 3.20. The Labute approximate surface area is 139 Å². The molecular formula is C19H20O5. The van der Waals surface area contributed by atoms with E-state index in [0.717, 1.165) is 16.5 Å². The molecule has 0 saturated carbocycles. The Morgan fingerprint density at radius 1 is 1.29 bits per heavy atom. The van der Waals surface area contributed by atoms with Gasteiger partial charge in [0.15, 0.2) is 0 Å². The van der Waals surface area contributed by atoms with Crippen molar-refractivity contribution in [3.05, 3.63) is 51.9 Å². The molecule has 0 bridgehead atoms. The van der Waals surface area contributed by atoms with Gasteiger partial charge in [-0.2, -0.15) is 0 Å². The molecule has 2 heterocycles. The first kappa shape index (κ1) is 16.3. The number of carbonyl (C=O) groups excluding carboxylic acids is 1. The van der Waals surface area contributed by atoms with E-state index in [1.165, 1.54) is 12.1 Å². The summed E-state index contributed by atoms with van der Waals surface area (Å²) >= 11 is 0. The Balaban J connectivity index is 1.85. The third-order valence-corrected chi connectivity index (χ3v) is 4.02. The molecule has 1 atom stereocenters. The van der Waals surface area contributed by atoms with E-state index in [-0.39, 0.29) is 12.1 Å². The molecule has 0 aliphatic carbocycles. The summed E-state index contributed by atoms with van der Waals surface area (Å²) in [7, 11) is 0. The molecule has 0 N–H and O–H groups in total. The molecule has 1 aromatic heterocycles. The number of fused-ring (bicyclic) bond motifs is 2. The van der Waals surface area contributed by atoms with Crippen LogP contribution in [0.15, 0.2) is 45.1 Å². The largest absolute Gasteiger partial charge is 0.485 e. The molecule has 0 saturated heterocycles. The fourth-order valence-corrected chi connectivity index (χ4v) is 2.79. The smallest absolute Gasteiger partial charge is 0.336 e. The lowest BCUT2D eigenvalue weighted by Gasteiger charge is -2.30. The van der Waals surface area contributed by atoms with Crippen LogP contribution in [0.3, 0.4) is 0 Å². The Kier molecular flexibility index (Phi) is 3.95. The van der Waals surface area contributed by atoms with Gasteiger partial charge in [0.1, 0.15) is 23.0 Å². The fraction of sp³-hybridized carbons (Fsp3) is 0.368. The van der Waals surface area contributed by atoms with Crippen LogP contribution in [-0.4, -0.2) is 17.7 Å². The molecule has 5 nitrogen and oxygen atoms in total. The van der Waals surface area contributed by atoms with Gasteiger partial charge in [-0.3, -0.25) is 0 Å². The topological polar surface area (TPSA) is 65.7 Å². The summed E-state index contributed by atoms with van der Waals surface area (Å²) in [6, 6.07) is 6.80. The van der Waals surface area contributed by atoms with Crippen molar-refractivity contribution in [1.82, 2.24) is 0 Å². The average Bonchev–Trinajstić information content (AvgIpc) is 2.86. The minimum absolute atomic E-state index is 0.300. The lowest BCUT2D eigenvalue weighted by Crippen LogP contribution is -2.43. The summed E-state index contributed by atoms with van der Waals surface area (Å²) in [4.78, 5) is 23.3. The number of hydrogen-bond acceptors (Lipinski definition) is 5. The summed E-state index contributed by atoms with van der Waals surface area (Å²) in [6.45, 7) is 7.35. The van der Waals surface area contributed by atoms with E-state index in [1.807, 2.05) is 33.8 Å². The minimum Gasteiger partial charge on any atom is -0.485 e. The predicted octanol–water partition coefficient (Wildman–Crippen LogP) is 3.38. The van der Waals surface area contributed by atoms with Gasteiger partial charge in [-0.15, -0.1) is 0 Å². The van der Waals surface area contributed by atoms with Gasteiger partial charge < -0.3 is 13.9 Å². The maximum Gasteiger partial charge on any atom is 0.336 e. The Bertz CT molecular complexity index is 884. The van der Waals surface area contributed by atoms with Crippen LogP contribution >= 0.6 is 0 Å². The van der Waals surface area contributed by atoms with Crippen molar-refractivity contribution >= 4 is 16.9 Å². The van der Waals surface area contributed by atoms with Crippen molar-refractivity contribution < 1.29 is 18.7 Å². The zero-order valence-corrected chi connectivity index (χ0v) is 14.2. The molecule has 0 amide bonds. The molecule has 3 rings (SSSR count). The monoisotopic (exact) mass is 328 g/mol. The van der Waals surface area contributed by atoms with Gasteiger partial charge >= 0.3 is 11.6 Å². The van der Waals surface area contributed by atoms with Gasteiger partial charge in [0.05, 0.1) is 0 Å². The number of benzene rings is 1. The maximum absolute atomic E-state index is 11.9. The molecule has 0 spiro atoms. The molecule has 1 aromatic carbocycles. The number of carbonyl (C=O) groups is 1. The highest BCUT2D eigenvalue weighted by molar-refractivity contribution is 5.83. The van der Waals surface area contributed by atoms with Gasteiger partial charge in [-0.25, -0.2) is 9.59 Å². The molecule has 1 unspecified atom stereocenters. The van der Waals surface area contributed by atoms with Gasteiger partial charge in [-0.05, 0) is 45.4 Å². The van der Waals surface area contributed by atoms with Crippen LogP contribution < -0.4 is 10.4 Å². The highest BCUT2D eigenvalue weighted by atomic mass is 16.6. The molecule has 1 aliphatic rings. The SMILES string of the molecule is CC(C)=CC(=O)OC(C)(C)C1Cc2cc3ccc(=O)oc3cc2O1. The van der Waals surface area contributed by atoms with Gasteiger partial charge in [0.2, 0.25) is 0 Å². The van der Waals surface area contributed by atoms with Crippen LogP contribution in [0, 0.1) is 0 Å². The molecule has 1 aliphatic heterocycles. The van der Waals surface area contributed by atoms with Gasteiger partial charge in [0, 0.05) is 30.0 Å². The van der Waals surface area contributed by atoms with Crippen LogP contribution in [0.4, 0.5) is 0 Å². The van der Waals surface area contributed by atoms with Crippen LogP contribution in [0.2, 0.25) is 0 Å². The van der Waals surface area contributed by atoms with Crippen molar-refractivity contribution in [3.63, 3.8) is 0 Å². The van der Waals surface area contributed by atoms with Crippen molar-refractivity contribution in [2.45, 2.75) is 45.8 Å². The zero-order valence-electron chi connectivity index (χ0n) is 14.2. The van der Waals surface area contributed by atoms with Crippen molar-refractivity contribution in [3.8, 4) is 5.75 Å². The second-order valence-corrected chi connectivity index (χ2v) is 6.81. The summed E-state index contributed by atoms with van der Waals surface area (Å²) in [5, 5.41) is 0.844. The number of allylic oxidation sites excluding steroid dienone is 1. The summed E-state index contributed by atoms with van der Waals surface area (Å²) < 4.78 is 16.7. The van der Waals surface area contributed by atoms with Gasteiger partial charge in [0.25, 0.3) is 0 Å². The van der Waals surface area contributed by atoms with E-state index in [1.54, 1.807) is 12.1 Å². The summed E-state index contributed by atoms with van der Waals surface area (Å²) in [6.07, 6.45) is 1.79. The molecule has 0 radical (unpaired) electrons. The third-order valence-electron chi connectivity index (χ3n) is 4.02. The first-order chi connectivity index (χ1) is 11.2. The quantitative estimate of drug-likeness (QED) is 0.491. The molecule has 126 valence electrons. The lowest BCUT2D eigenvalue weighted by molar-refractivity contribution is -0.158. The molecule has 24 heavy (non-hydrogen) atoms. The Morgan fingerprint density at radius 2 is 2.04 bits per heavy atom. The lowest BCUT2D eigenvalue weighted by atomic mass is 9.96. The Morgan fingerprint density at radius 3 is 2.75 bits per heavy atom. The van der Waals surface area contributed by atoms with E-state index < -0.39 is 11.2 Å². The first-order valence-corrected chi connectivity index (χ1v) is 7.86.